The van der Waals surface area contributed by atoms with E-state index in [2.05, 4.69) is 0 Å². The lowest BCUT2D eigenvalue weighted by Crippen LogP contribution is -3.19. The molecule has 2 aromatic rings. The average Bonchev–Trinajstić information content (AvgIpc) is 2.75. The molecule has 1 fully saturated rings. The highest BCUT2D eigenvalue weighted by atomic mass is 32.2. The van der Waals surface area contributed by atoms with Crippen LogP contribution in [0.3, 0.4) is 0 Å². The number of amides is 1. The minimum Gasteiger partial charge on any atom is -0.336 e. The molecule has 0 unspecified atom stereocenters. The van der Waals surface area contributed by atoms with Gasteiger partial charge >= 0.3 is 0 Å². The number of carbonyl (C=O) groups is 1. The summed E-state index contributed by atoms with van der Waals surface area (Å²) < 4.78 is 27.8. The number of hydrogen-bond acceptors (Lipinski definition) is 3. The van der Waals surface area contributed by atoms with Crippen molar-refractivity contribution >= 4 is 15.9 Å². The number of rotatable bonds is 6. The third-order valence-electron chi connectivity index (χ3n) is 5.95. The van der Waals surface area contributed by atoms with Crippen molar-refractivity contribution in [3.05, 3.63) is 65.2 Å². The van der Waals surface area contributed by atoms with Gasteiger partial charge in [-0.05, 0) is 43.5 Å². The molecule has 1 saturated heterocycles. The van der Waals surface area contributed by atoms with Crippen LogP contribution in [0, 0.1) is 13.8 Å². The van der Waals surface area contributed by atoms with Crippen molar-refractivity contribution in [2.75, 3.05) is 33.2 Å². The standard InChI is InChI=1S/C23H31N3O3S/c1-18-10-11-19(2)22(16-18)30(28,29)26-14-12-25(13-15-26)20(3)23(27)24(4)17-21-8-6-5-7-9-21/h5-11,16,20H,12-15,17H2,1-4H3/p+1/t20-/m1/s1. The minimum atomic E-state index is -3.52. The Labute approximate surface area is 180 Å². The molecule has 1 aliphatic rings. The van der Waals surface area contributed by atoms with E-state index >= 15 is 0 Å². The molecule has 0 aromatic heterocycles. The van der Waals surface area contributed by atoms with Crippen molar-refractivity contribution in [1.29, 1.82) is 0 Å². The Kier molecular flexibility index (Phi) is 6.95. The van der Waals surface area contributed by atoms with Crippen LogP contribution in [-0.4, -0.2) is 62.8 Å². The molecular formula is C23H32N3O3S+. The van der Waals surface area contributed by atoms with Crippen molar-refractivity contribution in [2.45, 2.75) is 38.3 Å². The van der Waals surface area contributed by atoms with Crippen LogP contribution in [0.1, 0.15) is 23.6 Å². The second kappa shape index (κ2) is 9.29. The number of nitrogens with zero attached hydrogens (tertiary/aromatic N) is 2. The minimum absolute atomic E-state index is 0.0830. The summed E-state index contributed by atoms with van der Waals surface area (Å²) in [5, 5.41) is 0. The van der Waals surface area contributed by atoms with Gasteiger partial charge in [0.2, 0.25) is 10.0 Å². The van der Waals surface area contributed by atoms with Crippen LogP contribution in [0.5, 0.6) is 0 Å². The normalized spacial score (nSPS) is 16.9. The second-order valence-corrected chi connectivity index (χ2v) is 10.1. The molecule has 1 N–H and O–H groups in total. The van der Waals surface area contributed by atoms with Crippen LogP contribution in [0.2, 0.25) is 0 Å². The van der Waals surface area contributed by atoms with Crippen LogP contribution < -0.4 is 4.90 Å². The number of carbonyl (C=O) groups excluding carboxylic acids is 1. The third-order valence-corrected chi connectivity index (χ3v) is 7.99. The second-order valence-electron chi connectivity index (χ2n) is 8.23. The number of benzene rings is 2. The lowest BCUT2D eigenvalue weighted by atomic mass is 10.2. The summed E-state index contributed by atoms with van der Waals surface area (Å²) in [5.41, 5.74) is 2.80. The van der Waals surface area contributed by atoms with E-state index in [1.807, 2.05) is 70.3 Å². The Bertz CT molecular complexity index is 984. The summed E-state index contributed by atoms with van der Waals surface area (Å²) in [6, 6.07) is 15.2. The lowest BCUT2D eigenvalue weighted by molar-refractivity contribution is -0.918. The van der Waals surface area contributed by atoms with E-state index in [0.29, 0.717) is 37.6 Å². The first-order valence-electron chi connectivity index (χ1n) is 10.4. The van der Waals surface area contributed by atoms with Gasteiger partial charge < -0.3 is 9.80 Å². The maximum absolute atomic E-state index is 13.1. The molecule has 6 nitrogen and oxygen atoms in total. The summed E-state index contributed by atoms with van der Waals surface area (Å²) in [5.74, 6) is 0.0830. The molecular weight excluding hydrogens is 398 g/mol. The quantitative estimate of drug-likeness (QED) is 0.750. The number of quaternary nitrogens is 1. The van der Waals surface area contributed by atoms with Crippen molar-refractivity contribution in [2.24, 2.45) is 0 Å². The highest BCUT2D eigenvalue weighted by Crippen LogP contribution is 2.21. The summed E-state index contributed by atoms with van der Waals surface area (Å²) in [7, 11) is -1.69. The van der Waals surface area contributed by atoms with Gasteiger partial charge in [0.1, 0.15) is 0 Å². The predicted octanol–water partition coefficient (Wildman–Crippen LogP) is 1.24. The van der Waals surface area contributed by atoms with Gasteiger partial charge in [0.25, 0.3) is 5.91 Å². The number of likely N-dealkylation sites (N-methyl/N-ethyl adjacent to an activating group) is 1. The van der Waals surface area contributed by atoms with Gasteiger partial charge in [0.15, 0.2) is 6.04 Å². The predicted molar refractivity (Wildman–Crippen MR) is 118 cm³/mol. The molecule has 1 heterocycles. The first-order valence-corrected chi connectivity index (χ1v) is 11.8. The molecule has 2 aromatic carbocycles. The van der Waals surface area contributed by atoms with Gasteiger partial charge in [0.05, 0.1) is 31.1 Å². The fourth-order valence-corrected chi connectivity index (χ4v) is 5.76. The van der Waals surface area contributed by atoms with Gasteiger partial charge in [0, 0.05) is 13.6 Å². The van der Waals surface area contributed by atoms with Gasteiger partial charge in [-0.3, -0.25) is 4.79 Å². The van der Waals surface area contributed by atoms with Gasteiger partial charge in [-0.1, -0.05) is 42.5 Å². The van der Waals surface area contributed by atoms with Crippen molar-refractivity contribution in [1.82, 2.24) is 9.21 Å². The van der Waals surface area contributed by atoms with E-state index in [9.17, 15) is 13.2 Å². The first kappa shape index (κ1) is 22.5. The molecule has 1 amide bonds. The van der Waals surface area contributed by atoms with Crippen molar-refractivity contribution < 1.29 is 18.1 Å². The van der Waals surface area contributed by atoms with Crippen molar-refractivity contribution in [3.8, 4) is 0 Å². The summed E-state index contributed by atoms with van der Waals surface area (Å²) in [4.78, 5) is 16.2. The van der Waals surface area contributed by atoms with E-state index in [-0.39, 0.29) is 11.9 Å². The van der Waals surface area contributed by atoms with E-state index in [1.54, 1.807) is 15.3 Å². The zero-order valence-electron chi connectivity index (χ0n) is 18.3. The van der Waals surface area contributed by atoms with Crippen LogP contribution in [-0.2, 0) is 21.4 Å². The Morgan fingerprint density at radius 1 is 1.10 bits per heavy atom. The van der Waals surface area contributed by atoms with E-state index in [0.717, 1.165) is 21.6 Å². The molecule has 30 heavy (non-hydrogen) atoms. The summed E-state index contributed by atoms with van der Waals surface area (Å²) in [6.45, 7) is 8.33. The van der Waals surface area contributed by atoms with Crippen LogP contribution in [0.25, 0.3) is 0 Å². The number of piperazine rings is 1. The third kappa shape index (κ3) is 4.91. The maximum Gasteiger partial charge on any atom is 0.280 e. The molecule has 1 atom stereocenters. The van der Waals surface area contributed by atoms with Gasteiger partial charge in [-0.2, -0.15) is 4.31 Å². The maximum atomic E-state index is 13.1. The lowest BCUT2D eigenvalue weighted by Gasteiger charge is -2.35. The Morgan fingerprint density at radius 3 is 2.37 bits per heavy atom. The smallest absolute Gasteiger partial charge is 0.280 e. The van der Waals surface area contributed by atoms with Gasteiger partial charge in [-0.15, -0.1) is 0 Å². The number of sulfonamides is 1. The Morgan fingerprint density at radius 2 is 1.73 bits per heavy atom. The fourth-order valence-electron chi connectivity index (χ4n) is 4.01. The van der Waals surface area contributed by atoms with Gasteiger partial charge in [-0.25, -0.2) is 8.42 Å². The molecule has 3 rings (SSSR count). The first-order chi connectivity index (χ1) is 14.2. The SMILES string of the molecule is Cc1ccc(C)c(S(=O)(=O)N2CC[NH+]([C@H](C)C(=O)N(C)Cc3ccccc3)CC2)c1. The number of aryl methyl sites for hydroxylation is 2. The highest BCUT2D eigenvalue weighted by Gasteiger charge is 2.35. The molecule has 0 saturated carbocycles. The van der Waals surface area contributed by atoms with E-state index in [1.165, 1.54) is 0 Å². The van der Waals surface area contributed by atoms with Crippen LogP contribution in [0.15, 0.2) is 53.4 Å². The van der Waals surface area contributed by atoms with E-state index in [4.69, 9.17) is 0 Å². The monoisotopic (exact) mass is 430 g/mol. The Balaban J connectivity index is 1.61. The zero-order valence-corrected chi connectivity index (χ0v) is 19.1. The molecule has 0 aliphatic carbocycles. The number of hydrogen-bond donors (Lipinski definition) is 1. The molecule has 0 spiro atoms. The van der Waals surface area contributed by atoms with Crippen molar-refractivity contribution in [3.63, 3.8) is 0 Å². The highest BCUT2D eigenvalue weighted by molar-refractivity contribution is 7.89. The molecule has 1 aliphatic heterocycles. The number of nitrogens with one attached hydrogen (secondary N) is 1. The largest absolute Gasteiger partial charge is 0.336 e. The topological polar surface area (TPSA) is 62.1 Å². The molecule has 0 bridgehead atoms. The average molecular weight is 431 g/mol. The summed E-state index contributed by atoms with van der Waals surface area (Å²) in [6.07, 6.45) is 0. The van der Waals surface area contributed by atoms with Crippen LogP contribution in [0.4, 0.5) is 0 Å². The summed E-state index contributed by atoms with van der Waals surface area (Å²) >= 11 is 0. The fraction of sp³-hybridized carbons (Fsp3) is 0.435. The molecule has 0 radical (unpaired) electrons. The molecule has 7 heteroatoms. The Hall–Kier alpha value is -2.22. The van der Waals surface area contributed by atoms with E-state index < -0.39 is 10.0 Å². The van der Waals surface area contributed by atoms with Crippen LogP contribution >= 0.6 is 0 Å². The molecule has 162 valence electrons. The zero-order chi connectivity index (χ0) is 21.9.